The van der Waals surface area contributed by atoms with Crippen LogP contribution >= 0.6 is 11.6 Å². The van der Waals surface area contributed by atoms with Crippen LogP contribution in [0.3, 0.4) is 0 Å². The molecule has 1 rings (SSSR count). The van der Waals surface area contributed by atoms with E-state index in [0.717, 1.165) is 16.1 Å². The van der Waals surface area contributed by atoms with Gasteiger partial charge >= 0.3 is 5.97 Å². The molecule has 0 radical (unpaired) electrons. The lowest BCUT2D eigenvalue weighted by molar-refractivity contribution is -0.144. The lowest BCUT2D eigenvalue weighted by Gasteiger charge is -2.20. The van der Waals surface area contributed by atoms with Gasteiger partial charge in [0.2, 0.25) is 0 Å². The van der Waals surface area contributed by atoms with E-state index >= 15 is 0 Å². The Labute approximate surface area is 113 Å². The zero-order valence-electron chi connectivity index (χ0n) is 11.3. The van der Waals surface area contributed by atoms with Gasteiger partial charge < -0.3 is 10.1 Å². The van der Waals surface area contributed by atoms with Crippen LogP contribution in [0.25, 0.3) is 0 Å². The molecule has 100 valence electrons. The summed E-state index contributed by atoms with van der Waals surface area (Å²) in [7, 11) is 1.41. The lowest BCUT2D eigenvalue weighted by Crippen LogP contribution is -2.41. The second kappa shape index (κ2) is 6.76. The van der Waals surface area contributed by atoms with Crippen molar-refractivity contribution >= 4 is 17.6 Å². The molecule has 0 aliphatic carbocycles. The number of aryl methyl sites for hydroxylation is 1. The third-order valence-corrected chi connectivity index (χ3v) is 3.17. The fourth-order valence-electron chi connectivity index (χ4n) is 1.80. The molecule has 0 amide bonds. The molecular formula is C14H20ClNO2. The first-order chi connectivity index (χ1) is 8.45. The van der Waals surface area contributed by atoms with Gasteiger partial charge in [0.05, 0.1) is 7.11 Å². The van der Waals surface area contributed by atoms with E-state index in [1.165, 1.54) is 7.11 Å². The minimum absolute atomic E-state index is 0.185. The van der Waals surface area contributed by atoms with Gasteiger partial charge in [0.15, 0.2) is 0 Å². The van der Waals surface area contributed by atoms with Gasteiger partial charge in [-0.25, -0.2) is 0 Å². The van der Waals surface area contributed by atoms with E-state index in [2.05, 4.69) is 5.32 Å². The molecule has 0 spiro atoms. The molecule has 0 saturated heterocycles. The summed E-state index contributed by atoms with van der Waals surface area (Å²) in [6, 6.07) is 5.46. The fourth-order valence-corrected chi connectivity index (χ4v) is 2.02. The van der Waals surface area contributed by atoms with Crippen molar-refractivity contribution in [3.8, 4) is 0 Å². The maximum Gasteiger partial charge on any atom is 0.323 e. The highest BCUT2D eigenvalue weighted by Gasteiger charge is 2.22. The van der Waals surface area contributed by atoms with Gasteiger partial charge in [0.25, 0.3) is 0 Å². The number of carbonyl (C=O) groups is 1. The highest BCUT2D eigenvalue weighted by atomic mass is 35.5. The molecule has 1 N–H and O–H groups in total. The van der Waals surface area contributed by atoms with Crippen LogP contribution in [0.1, 0.15) is 25.0 Å². The Kier molecular flexibility index (Phi) is 5.63. The highest BCUT2D eigenvalue weighted by molar-refractivity contribution is 6.30. The third-order valence-electron chi connectivity index (χ3n) is 2.94. The van der Waals surface area contributed by atoms with E-state index in [1.54, 1.807) is 0 Å². The van der Waals surface area contributed by atoms with Crippen molar-refractivity contribution < 1.29 is 9.53 Å². The van der Waals surface area contributed by atoms with Gasteiger partial charge in [-0.15, -0.1) is 0 Å². The number of esters is 1. The van der Waals surface area contributed by atoms with Gasteiger partial charge in [-0.1, -0.05) is 31.5 Å². The van der Waals surface area contributed by atoms with Crippen LogP contribution in [0.2, 0.25) is 5.02 Å². The van der Waals surface area contributed by atoms with Crippen LogP contribution in [0.5, 0.6) is 0 Å². The fraction of sp³-hybridized carbons (Fsp3) is 0.500. The van der Waals surface area contributed by atoms with Crippen molar-refractivity contribution in [2.75, 3.05) is 7.11 Å². The number of benzene rings is 1. The average Bonchev–Trinajstić information content (AvgIpc) is 2.31. The van der Waals surface area contributed by atoms with E-state index in [0.29, 0.717) is 6.54 Å². The topological polar surface area (TPSA) is 38.3 Å². The highest BCUT2D eigenvalue weighted by Crippen LogP contribution is 2.15. The Hall–Kier alpha value is -1.06. The number of halogens is 1. The summed E-state index contributed by atoms with van der Waals surface area (Å²) >= 11 is 5.91. The number of rotatable bonds is 5. The summed E-state index contributed by atoms with van der Waals surface area (Å²) in [5.74, 6) is -0.0401. The van der Waals surface area contributed by atoms with Gasteiger partial charge in [-0.2, -0.15) is 0 Å². The average molecular weight is 270 g/mol. The number of nitrogens with one attached hydrogen (secondary N) is 1. The molecule has 0 aromatic heterocycles. The minimum atomic E-state index is -0.287. The molecule has 0 aliphatic rings. The van der Waals surface area contributed by atoms with Crippen molar-refractivity contribution in [2.24, 2.45) is 5.92 Å². The predicted molar refractivity (Wildman–Crippen MR) is 73.7 cm³/mol. The largest absolute Gasteiger partial charge is 0.468 e. The molecule has 0 bridgehead atoms. The number of hydrogen-bond acceptors (Lipinski definition) is 3. The van der Waals surface area contributed by atoms with E-state index in [-0.39, 0.29) is 17.9 Å². The van der Waals surface area contributed by atoms with Gasteiger partial charge in [0, 0.05) is 11.6 Å². The lowest BCUT2D eigenvalue weighted by atomic mass is 10.0. The summed E-state index contributed by atoms with van der Waals surface area (Å²) in [6.07, 6.45) is 0. The number of carbonyl (C=O) groups excluding carboxylic acids is 1. The van der Waals surface area contributed by atoms with Gasteiger partial charge in [-0.3, -0.25) is 4.79 Å². The zero-order valence-corrected chi connectivity index (χ0v) is 12.0. The second-order valence-corrected chi connectivity index (χ2v) is 5.13. The maximum atomic E-state index is 11.6. The van der Waals surface area contributed by atoms with E-state index in [9.17, 15) is 4.79 Å². The first kappa shape index (κ1) is 15.0. The Morgan fingerprint density at radius 3 is 2.61 bits per heavy atom. The first-order valence-corrected chi connectivity index (χ1v) is 6.39. The van der Waals surface area contributed by atoms with Crippen molar-refractivity contribution in [3.05, 3.63) is 34.3 Å². The molecule has 18 heavy (non-hydrogen) atoms. The number of ether oxygens (including phenoxy) is 1. The van der Waals surface area contributed by atoms with Crippen LogP contribution in [0.15, 0.2) is 18.2 Å². The van der Waals surface area contributed by atoms with Crippen molar-refractivity contribution in [1.29, 1.82) is 0 Å². The van der Waals surface area contributed by atoms with E-state index < -0.39 is 0 Å². The molecule has 4 heteroatoms. The summed E-state index contributed by atoms with van der Waals surface area (Å²) < 4.78 is 4.79. The zero-order chi connectivity index (χ0) is 13.7. The molecule has 1 aromatic carbocycles. The van der Waals surface area contributed by atoms with Crippen LogP contribution < -0.4 is 5.32 Å². The Bertz CT molecular complexity index is 418. The number of methoxy groups -OCH3 is 1. The van der Waals surface area contributed by atoms with Gasteiger partial charge in [0.1, 0.15) is 6.04 Å². The van der Waals surface area contributed by atoms with Crippen LogP contribution in [-0.4, -0.2) is 19.1 Å². The summed E-state index contributed by atoms with van der Waals surface area (Å²) in [6.45, 7) is 6.61. The Morgan fingerprint density at radius 1 is 1.44 bits per heavy atom. The maximum absolute atomic E-state index is 11.6. The molecule has 1 atom stereocenters. The first-order valence-electron chi connectivity index (χ1n) is 6.02. The Balaban J connectivity index is 2.70. The number of hydrogen-bond donors (Lipinski definition) is 1. The summed E-state index contributed by atoms with van der Waals surface area (Å²) in [5, 5.41) is 3.96. The van der Waals surface area contributed by atoms with Crippen molar-refractivity contribution in [3.63, 3.8) is 0 Å². The molecule has 0 aliphatic heterocycles. The third kappa shape index (κ3) is 4.00. The van der Waals surface area contributed by atoms with E-state index in [4.69, 9.17) is 16.3 Å². The summed E-state index contributed by atoms with van der Waals surface area (Å²) in [5.41, 5.74) is 2.25. The predicted octanol–water partition coefficient (Wildman–Crippen LogP) is 2.94. The van der Waals surface area contributed by atoms with Crippen LogP contribution in [0.4, 0.5) is 0 Å². The van der Waals surface area contributed by atoms with Crippen LogP contribution in [0, 0.1) is 12.8 Å². The molecule has 0 heterocycles. The Morgan fingerprint density at radius 2 is 2.11 bits per heavy atom. The van der Waals surface area contributed by atoms with Crippen molar-refractivity contribution in [1.82, 2.24) is 5.32 Å². The smallest absolute Gasteiger partial charge is 0.323 e. The molecular weight excluding hydrogens is 250 g/mol. The van der Waals surface area contributed by atoms with Gasteiger partial charge in [-0.05, 0) is 36.1 Å². The summed E-state index contributed by atoms with van der Waals surface area (Å²) in [4.78, 5) is 11.6. The molecule has 0 unspecified atom stereocenters. The molecule has 0 fully saturated rings. The van der Waals surface area contributed by atoms with Crippen molar-refractivity contribution in [2.45, 2.75) is 33.4 Å². The minimum Gasteiger partial charge on any atom is -0.468 e. The van der Waals surface area contributed by atoms with E-state index in [1.807, 2.05) is 39.0 Å². The molecule has 0 saturated carbocycles. The quantitative estimate of drug-likeness (QED) is 0.836. The second-order valence-electron chi connectivity index (χ2n) is 4.70. The van der Waals surface area contributed by atoms with Crippen LogP contribution in [-0.2, 0) is 16.1 Å². The standard InChI is InChI=1S/C14H20ClNO2/c1-9(2)13(14(17)18-4)16-8-11-5-6-12(15)7-10(11)3/h5-7,9,13,16H,8H2,1-4H3/t13-/m0/s1. The SMILES string of the molecule is COC(=O)[C@@H](NCc1ccc(Cl)cc1C)C(C)C. The normalized spacial score (nSPS) is 12.6. The monoisotopic (exact) mass is 269 g/mol. The molecule has 1 aromatic rings. The molecule has 3 nitrogen and oxygen atoms in total.